The first-order valence-corrected chi connectivity index (χ1v) is 2.93. The Bertz CT molecular complexity index is 226. The van der Waals surface area contributed by atoms with Gasteiger partial charge in [-0.1, -0.05) is 25.3 Å². The Morgan fingerprint density at radius 2 is 2.00 bits per heavy atom. The summed E-state index contributed by atoms with van der Waals surface area (Å²) in [5, 5.41) is 8.47. The number of nitrogens with zero attached hydrogens (tertiary/aromatic N) is 1. The number of rotatable bonds is 4. The van der Waals surface area contributed by atoms with Gasteiger partial charge >= 0.3 is 5.97 Å². The van der Waals surface area contributed by atoms with Gasteiger partial charge in [-0.15, -0.1) is 0 Å². The van der Waals surface area contributed by atoms with Crippen LogP contribution >= 0.6 is 0 Å². The van der Waals surface area contributed by atoms with Gasteiger partial charge in [0.25, 0.3) is 0 Å². The fourth-order valence-corrected chi connectivity index (χ4v) is 0.414. The first kappa shape index (κ1) is 9.36. The van der Waals surface area contributed by atoms with Crippen LogP contribution in [0.25, 0.3) is 0 Å². The van der Waals surface area contributed by atoms with Crippen molar-refractivity contribution in [1.29, 1.82) is 0 Å². The van der Waals surface area contributed by atoms with Gasteiger partial charge in [0, 0.05) is 6.21 Å². The summed E-state index contributed by atoms with van der Waals surface area (Å²) >= 11 is 0. The van der Waals surface area contributed by atoms with E-state index in [1.807, 2.05) is 0 Å². The number of hydrogen-bond donors (Lipinski definition) is 1. The Hall–Kier alpha value is -1.64. The molecule has 0 atom stereocenters. The van der Waals surface area contributed by atoms with Gasteiger partial charge in [-0.3, -0.25) is 0 Å². The van der Waals surface area contributed by atoms with Crippen LogP contribution in [0.3, 0.4) is 0 Å². The highest BCUT2D eigenvalue weighted by Crippen LogP contribution is 1.95. The maximum absolute atomic E-state index is 10.3. The van der Waals surface area contributed by atoms with Crippen molar-refractivity contribution in [3.8, 4) is 0 Å². The van der Waals surface area contributed by atoms with Crippen molar-refractivity contribution in [2.24, 2.45) is 4.99 Å². The quantitative estimate of drug-likeness (QED) is 0.375. The molecule has 0 bridgehead atoms. The lowest BCUT2D eigenvalue weighted by molar-refractivity contribution is -0.132. The van der Waals surface area contributed by atoms with E-state index in [0.29, 0.717) is 0 Å². The lowest BCUT2D eigenvalue weighted by Crippen LogP contribution is -1.97. The number of aliphatic imine (C=N–C) groups is 1. The second-order valence-corrected chi connectivity index (χ2v) is 1.61. The Labute approximate surface area is 65.1 Å². The molecule has 11 heavy (non-hydrogen) atoms. The van der Waals surface area contributed by atoms with Crippen molar-refractivity contribution in [2.45, 2.75) is 0 Å². The van der Waals surface area contributed by atoms with E-state index >= 15 is 0 Å². The lowest BCUT2D eigenvalue weighted by atomic mass is 10.4. The van der Waals surface area contributed by atoms with Crippen LogP contribution in [0, 0.1) is 0 Å². The van der Waals surface area contributed by atoms with Crippen molar-refractivity contribution >= 4 is 12.2 Å². The predicted molar refractivity (Wildman–Crippen MR) is 44.6 cm³/mol. The largest absolute Gasteiger partial charge is 0.477 e. The van der Waals surface area contributed by atoms with E-state index in [-0.39, 0.29) is 5.70 Å². The minimum atomic E-state index is -1.08. The molecule has 0 spiro atoms. The predicted octanol–water partition coefficient (Wildman–Crippen LogP) is 1.40. The number of carboxylic acid groups (broad SMARTS) is 1. The molecular weight excluding hydrogens is 142 g/mol. The lowest BCUT2D eigenvalue weighted by Gasteiger charge is -1.89. The molecule has 0 unspecified atom stereocenters. The molecule has 0 fully saturated rings. The molecule has 0 saturated carbocycles. The van der Waals surface area contributed by atoms with Crippen LogP contribution in [0.5, 0.6) is 0 Å². The van der Waals surface area contributed by atoms with Crippen LogP contribution < -0.4 is 0 Å². The molecule has 0 aliphatic heterocycles. The topological polar surface area (TPSA) is 49.7 Å². The molecule has 0 aromatic rings. The van der Waals surface area contributed by atoms with Gasteiger partial charge in [0.05, 0.1) is 0 Å². The molecule has 0 saturated heterocycles. The summed E-state index contributed by atoms with van der Waals surface area (Å²) in [6, 6.07) is 0. The van der Waals surface area contributed by atoms with E-state index in [1.165, 1.54) is 24.4 Å². The minimum absolute atomic E-state index is 0.0556. The molecule has 3 nitrogen and oxygen atoms in total. The third-order valence-electron chi connectivity index (χ3n) is 0.814. The summed E-state index contributed by atoms with van der Waals surface area (Å²) in [5.41, 5.74) is -0.0556. The molecular formula is C8H9NO2. The normalized spacial score (nSPS) is 11.5. The zero-order valence-corrected chi connectivity index (χ0v) is 6.03. The van der Waals surface area contributed by atoms with E-state index in [0.717, 1.165) is 0 Å². The first-order valence-electron chi connectivity index (χ1n) is 2.93. The summed E-state index contributed by atoms with van der Waals surface area (Å²) in [6.45, 7) is 6.71. The maximum atomic E-state index is 10.3. The molecule has 0 aliphatic rings. The summed E-state index contributed by atoms with van der Waals surface area (Å²) < 4.78 is 0. The molecule has 3 heteroatoms. The molecule has 1 N–H and O–H groups in total. The molecule has 0 radical (unpaired) electrons. The van der Waals surface area contributed by atoms with Gasteiger partial charge < -0.3 is 5.11 Å². The highest BCUT2D eigenvalue weighted by atomic mass is 16.4. The molecule has 0 heterocycles. The summed E-state index contributed by atoms with van der Waals surface area (Å²) in [6.07, 6.45) is 5.38. The highest BCUT2D eigenvalue weighted by molar-refractivity contribution is 5.89. The number of carbonyl (C=O) groups is 1. The van der Waals surface area contributed by atoms with Crippen LogP contribution in [-0.2, 0) is 4.79 Å². The summed E-state index contributed by atoms with van der Waals surface area (Å²) in [5.74, 6) is -1.08. The third kappa shape index (κ3) is 3.86. The van der Waals surface area contributed by atoms with Crippen molar-refractivity contribution in [2.75, 3.05) is 0 Å². The molecule has 0 amide bonds. The van der Waals surface area contributed by atoms with Gasteiger partial charge in [0.1, 0.15) is 5.70 Å². The summed E-state index contributed by atoms with van der Waals surface area (Å²) in [4.78, 5) is 13.9. The fraction of sp³-hybridized carbons (Fsp3) is 0. The van der Waals surface area contributed by atoms with Gasteiger partial charge in [-0.25, -0.2) is 9.79 Å². The van der Waals surface area contributed by atoms with Gasteiger partial charge in [-0.2, -0.15) is 0 Å². The molecule has 0 aromatic carbocycles. The van der Waals surface area contributed by atoms with Gasteiger partial charge in [0.2, 0.25) is 0 Å². The SMILES string of the molecule is C=C/C=N\C(=C/C=C)C(=O)O. The zero-order valence-electron chi connectivity index (χ0n) is 6.03. The standard InChI is InChI=1S/C8H9NO2/c1-3-5-7(8(10)11)9-6-4-2/h3-6H,1-2H2,(H,10,11)/b7-5-,9-6-. The summed E-state index contributed by atoms with van der Waals surface area (Å²) in [7, 11) is 0. The Morgan fingerprint density at radius 3 is 2.36 bits per heavy atom. The second kappa shape index (κ2) is 5.17. The van der Waals surface area contributed by atoms with E-state index in [1.54, 1.807) is 0 Å². The first-order chi connectivity index (χ1) is 5.22. The average molecular weight is 151 g/mol. The zero-order chi connectivity index (χ0) is 8.69. The van der Waals surface area contributed by atoms with Crippen LogP contribution in [0.1, 0.15) is 0 Å². The minimum Gasteiger partial charge on any atom is -0.477 e. The van der Waals surface area contributed by atoms with Crippen LogP contribution in [0.15, 0.2) is 42.1 Å². The Balaban J connectivity index is 4.47. The number of carboxylic acids is 1. The maximum Gasteiger partial charge on any atom is 0.354 e. The second-order valence-electron chi connectivity index (χ2n) is 1.61. The molecule has 0 aliphatic carbocycles. The van der Waals surface area contributed by atoms with E-state index in [2.05, 4.69) is 18.2 Å². The van der Waals surface area contributed by atoms with Crippen LogP contribution in [-0.4, -0.2) is 17.3 Å². The van der Waals surface area contributed by atoms with Crippen LogP contribution in [0.2, 0.25) is 0 Å². The number of hydrogen-bond acceptors (Lipinski definition) is 2. The van der Waals surface area contributed by atoms with Crippen molar-refractivity contribution in [1.82, 2.24) is 0 Å². The third-order valence-corrected chi connectivity index (χ3v) is 0.814. The highest BCUT2D eigenvalue weighted by Gasteiger charge is 2.00. The van der Waals surface area contributed by atoms with E-state index in [9.17, 15) is 4.79 Å². The van der Waals surface area contributed by atoms with Crippen molar-refractivity contribution < 1.29 is 9.90 Å². The monoisotopic (exact) mass is 151 g/mol. The van der Waals surface area contributed by atoms with E-state index in [4.69, 9.17) is 5.11 Å². The van der Waals surface area contributed by atoms with Gasteiger partial charge in [0.15, 0.2) is 0 Å². The smallest absolute Gasteiger partial charge is 0.354 e. The van der Waals surface area contributed by atoms with E-state index < -0.39 is 5.97 Å². The fourth-order valence-electron chi connectivity index (χ4n) is 0.414. The Kier molecular flexibility index (Phi) is 4.40. The van der Waals surface area contributed by atoms with Crippen molar-refractivity contribution in [3.63, 3.8) is 0 Å². The van der Waals surface area contributed by atoms with Crippen molar-refractivity contribution in [3.05, 3.63) is 37.1 Å². The average Bonchev–Trinajstić information content (AvgIpc) is 1.97. The molecule has 58 valence electrons. The van der Waals surface area contributed by atoms with Crippen LogP contribution in [0.4, 0.5) is 0 Å². The number of allylic oxidation sites excluding steroid dienone is 3. The Morgan fingerprint density at radius 1 is 1.36 bits per heavy atom. The van der Waals surface area contributed by atoms with Gasteiger partial charge in [-0.05, 0) is 6.08 Å². The molecule has 0 aromatic heterocycles. The number of aliphatic carboxylic acids is 1. The molecule has 0 rings (SSSR count).